The Morgan fingerprint density at radius 1 is 1.11 bits per heavy atom. The second-order valence-corrected chi connectivity index (χ2v) is 10.6. The van der Waals surface area contributed by atoms with Gasteiger partial charge in [0.15, 0.2) is 11.2 Å². The van der Waals surface area contributed by atoms with Crippen LogP contribution in [0.2, 0.25) is 0 Å². The van der Waals surface area contributed by atoms with E-state index in [1.54, 1.807) is 11.7 Å². The van der Waals surface area contributed by atoms with Crippen LogP contribution in [0.15, 0.2) is 109 Å². The number of imidazole rings is 1. The Morgan fingerprint density at radius 2 is 1.78 bits per heavy atom. The molecule has 12 heteroatoms. The van der Waals surface area contributed by atoms with Crippen molar-refractivity contribution in [3.63, 3.8) is 0 Å². The molecule has 0 aliphatic carbocycles. The largest absolute Gasteiger partial charge is 0.496 e. The number of amides is 1. The molecule has 1 fully saturated rings. The molecule has 1 saturated heterocycles. The highest BCUT2D eigenvalue weighted by Crippen LogP contribution is 2.45. The number of nitrogens with zero attached hydrogens (tertiary/aromatic N) is 3. The molecule has 6 rings (SSSR count). The molecule has 12 nitrogen and oxygen atoms in total. The summed E-state index contributed by atoms with van der Waals surface area (Å²) in [6.07, 6.45) is -0.199. The summed E-state index contributed by atoms with van der Waals surface area (Å²) in [7, 11) is 1.62. The van der Waals surface area contributed by atoms with Crippen LogP contribution in [0.1, 0.15) is 29.3 Å². The number of carbonyl (C=O) groups is 1. The SMILES string of the molecule is C=CCOC(=O)Nc1nc2c(ncn2[C@H]2CC(O)[C@@H](COC(c3ccccc3)(c3ccccc3)c3ccccc3OC)O2)c(=O)[nH]1. The van der Waals surface area contributed by atoms with E-state index >= 15 is 0 Å². The van der Waals surface area contributed by atoms with E-state index in [9.17, 15) is 14.7 Å². The zero-order valence-corrected chi connectivity index (χ0v) is 25.0. The molecule has 1 aliphatic rings. The van der Waals surface area contributed by atoms with Gasteiger partial charge in [-0.1, -0.05) is 91.5 Å². The molecule has 1 amide bonds. The summed E-state index contributed by atoms with van der Waals surface area (Å²) in [6, 6.07) is 27.3. The van der Waals surface area contributed by atoms with Crippen molar-refractivity contribution in [2.24, 2.45) is 0 Å². The molecule has 0 radical (unpaired) electrons. The maximum absolute atomic E-state index is 12.7. The van der Waals surface area contributed by atoms with Crippen molar-refractivity contribution in [1.29, 1.82) is 0 Å². The molecule has 0 saturated carbocycles. The third-order valence-electron chi connectivity index (χ3n) is 7.81. The van der Waals surface area contributed by atoms with E-state index in [0.29, 0.717) is 5.75 Å². The fourth-order valence-corrected chi connectivity index (χ4v) is 5.71. The first kappa shape index (κ1) is 30.7. The lowest BCUT2D eigenvalue weighted by Crippen LogP contribution is -2.38. The van der Waals surface area contributed by atoms with Crippen LogP contribution in [0.3, 0.4) is 0 Å². The highest BCUT2D eigenvalue weighted by Gasteiger charge is 2.43. The summed E-state index contributed by atoms with van der Waals surface area (Å²) in [5.74, 6) is 0.513. The van der Waals surface area contributed by atoms with Crippen molar-refractivity contribution >= 4 is 23.2 Å². The second-order valence-electron chi connectivity index (χ2n) is 10.6. The third kappa shape index (κ3) is 5.88. The number of anilines is 1. The summed E-state index contributed by atoms with van der Waals surface area (Å²) in [6.45, 7) is 3.49. The van der Waals surface area contributed by atoms with Gasteiger partial charge in [0.2, 0.25) is 5.95 Å². The van der Waals surface area contributed by atoms with E-state index in [4.69, 9.17) is 18.9 Å². The number of para-hydroxylation sites is 1. The van der Waals surface area contributed by atoms with Crippen LogP contribution in [0, 0.1) is 0 Å². The van der Waals surface area contributed by atoms with Crippen LogP contribution in [0.5, 0.6) is 5.75 Å². The number of aromatic nitrogens is 4. The number of nitrogens with one attached hydrogen (secondary N) is 2. The van der Waals surface area contributed by atoms with Gasteiger partial charge in [0.25, 0.3) is 5.56 Å². The van der Waals surface area contributed by atoms with E-state index in [0.717, 1.165) is 16.7 Å². The van der Waals surface area contributed by atoms with Crippen LogP contribution in [-0.4, -0.2) is 63.3 Å². The highest BCUT2D eigenvalue weighted by molar-refractivity contribution is 5.83. The normalized spacial score (nSPS) is 17.9. The molecular weight excluding hydrogens is 590 g/mol. The van der Waals surface area contributed by atoms with Gasteiger partial charge in [0.05, 0.1) is 26.1 Å². The smallest absolute Gasteiger partial charge is 0.414 e. The molecule has 5 aromatic rings. The number of aliphatic hydroxyl groups excluding tert-OH is 1. The average molecular weight is 624 g/mol. The molecule has 0 bridgehead atoms. The Bertz CT molecular complexity index is 1840. The molecule has 3 atom stereocenters. The van der Waals surface area contributed by atoms with Gasteiger partial charge in [0.1, 0.15) is 30.3 Å². The van der Waals surface area contributed by atoms with Crippen molar-refractivity contribution < 1.29 is 28.8 Å². The monoisotopic (exact) mass is 623 g/mol. The number of aromatic amines is 1. The van der Waals surface area contributed by atoms with E-state index in [-0.39, 0.29) is 36.7 Å². The standard InChI is InChI=1S/C34H33N5O7/c1-3-18-44-33(42)38-32-36-30-29(31(41)37-32)35-21-39(30)28-19-25(40)27(46-28)20-45-34(22-12-6-4-7-13-22,23-14-8-5-9-15-23)24-16-10-11-17-26(24)43-2/h3-17,21,25,27-28,40H,1,18-20H2,2H3,(H2,36,37,38,41,42)/t25?,27-,28-/m1/s1. The van der Waals surface area contributed by atoms with Crippen LogP contribution in [0.25, 0.3) is 11.2 Å². The minimum absolute atomic E-state index is 0.00208. The maximum atomic E-state index is 12.7. The van der Waals surface area contributed by atoms with Gasteiger partial charge in [-0.2, -0.15) is 4.98 Å². The minimum atomic E-state index is -1.12. The number of benzene rings is 3. The quantitative estimate of drug-likeness (QED) is 0.143. The lowest BCUT2D eigenvalue weighted by molar-refractivity contribution is -0.0934. The van der Waals surface area contributed by atoms with Gasteiger partial charge in [0, 0.05) is 12.0 Å². The molecule has 0 spiro atoms. The van der Waals surface area contributed by atoms with Crippen LogP contribution in [-0.2, 0) is 19.8 Å². The van der Waals surface area contributed by atoms with Crippen molar-refractivity contribution in [2.45, 2.75) is 30.5 Å². The molecule has 3 aromatic carbocycles. The molecule has 2 aromatic heterocycles. The van der Waals surface area contributed by atoms with Crippen LogP contribution in [0.4, 0.5) is 10.7 Å². The molecule has 1 aliphatic heterocycles. The summed E-state index contributed by atoms with van der Waals surface area (Å²) < 4.78 is 25.5. The molecule has 236 valence electrons. The summed E-state index contributed by atoms with van der Waals surface area (Å²) in [5.41, 5.74) is 1.05. The Hall–Kier alpha value is -5.30. The first-order valence-electron chi connectivity index (χ1n) is 14.7. The molecule has 3 heterocycles. The number of aliphatic hydroxyl groups is 1. The molecule has 1 unspecified atom stereocenters. The average Bonchev–Trinajstić information content (AvgIpc) is 3.68. The maximum Gasteiger partial charge on any atom is 0.414 e. The predicted octanol–water partition coefficient (Wildman–Crippen LogP) is 4.52. The Labute approximate surface area is 264 Å². The lowest BCUT2D eigenvalue weighted by atomic mass is 9.79. The summed E-state index contributed by atoms with van der Waals surface area (Å²) >= 11 is 0. The third-order valence-corrected chi connectivity index (χ3v) is 7.81. The Kier molecular flexibility index (Phi) is 8.92. The van der Waals surface area contributed by atoms with Gasteiger partial charge in [-0.25, -0.2) is 9.78 Å². The fraction of sp³-hybridized carbons (Fsp3) is 0.235. The van der Waals surface area contributed by atoms with Gasteiger partial charge in [-0.05, 0) is 17.2 Å². The topological polar surface area (TPSA) is 150 Å². The zero-order chi connectivity index (χ0) is 32.1. The van der Waals surface area contributed by atoms with E-state index in [1.807, 2.05) is 84.9 Å². The van der Waals surface area contributed by atoms with Gasteiger partial charge < -0.3 is 24.1 Å². The zero-order valence-electron chi connectivity index (χ0n) is 25.0. The van der Waals surface area contributed by atoms with Crippen molar-refractivity contribution in [2.75, 3.05) is 25.6 Å². The number of ether oxygens (including phenoxy) is 4. The van der Waals surface area contributed by atoms with Crippen molar-refractivity contribution in [3.8, 4) is 5.75 Å². The summed E-state index contributed by atoms with van der Waals surface area (Å²) in [5, 5.41) is 13.6. The number of hydrogen-bond donors (Lipinski definition) is 3. The van der Waals surface area contributed by atoms with Crippen molar-refractivity contribution in [1.82, 2.24) is 19.5 Å². The first-order chi connectivity index (χ1) is 22.4. The van der Waals surface area contributed by atoms with Crippen molar-refractivity contribution in [3.05, 3.63) is 131 Å². The molecule has 3 N–H and O–H groups in total. The van der Waals surface area contributed by atoms with E-state index < -0.39 is 35.7 Å². The lowest BCUT2D eigenvalue weighted by Gasteiger charge is -2.37. The van der Waals surface area contributed by atoms with Gasteiger partial charge in [-0.15, -0.1) is 0 Å². The van der Waals surface area contributed by atoms with Gasteiger partial charge in [-0.3, -0.25) is 19.7 Å². The Balaban J connectivity index is 1.32. The van der Waals surface area contributed by atoms with E-state index in [2.05, 4.69) is 26.8 Å². The number of methoxy groups -OCH3 is 1. The van der Waals surface area contributed by atoms with Gasteiger partial charge >= 0.3 is 6.09 Å². The number of hydrogen-bond acceptors (Lipinski definition) is 9. The minimum Gasteiger partial charge on any atom is -0.496 e. The number of carbonyl (C=O) groups excluding carboxylic acids is 1. The highest BCUT2D eigenvalue weighted by atomic mass is 16.6. The second kappa shape index (κ2) is 13.4. The van der Waals surface area contributed by atoms with Crippen LogP contribution < -0.4 is 15.6 Å². The van der Waals surface area contributed by atoms with Crippen LogP contribution >= 0.6 is 0 Å². The number of rotatable bonds is 11. The molecule has 46 heavy (non-hydrogen) atoms. The summed E-state index contributed by atoms with van der Waals surface area (Å²) in [4.78, 5) is 35.8. The Morgan fingerprint density at radius 3 is 2.46 bits per heavy atom. The predicted molar refractivity (Wildman–Crippen MR) is 170 cm³/mol. The first-order valence-corrected chi connectivity index (χ1v) is 14.7. The number of H-pyrrole nitrogens is 1. The molecular formula is C34H33N5O7. The van der Waals surface area contributed by atoms with E-state index in [1.165, 1.54) is 12.4 Å². The number of fused-ring (bicyclic) bond motifs is 1. The fourth-order valence-electron chi connectivity index (χ4n) is 5.71.